The fraction of sp³-hybridized carbons (Fsp3) is 0.565. The Morgan fingerprint density at radius 2 is 1.83 bits per heavy atom. The lowest BCUT2D eigenvalue weighted by atomic mass is 9.65. The third-order valence-electron chi connectivity index (χ3n) is 6.95. The maximum Gasteiger partial charge on any atom is 0.419 e. The number of carbonyl (C=O) groups is 1. The van der Waals surface area contributed by atoms with Crippen LogP contribution in [0.15, 0.2) is 35.8 Å². The van der Waals surface area contributed by atoms with E-state index >= 15 is 0 Å². The summed E-state index contributed by atoms with van der Waals surface area (Å²) in [6.07, 6.45) is 2.68. The molecule has 2 aromatic rings. The molecule has 1 N–H and O–H groups in total. The lowest BCUT2D eigenvalue weighted by Crippen LogP contribution is -2.63. The molecule has 0 spiro atoms. The van der Waals surface area contributed by atoms with Gasteiger partial charge in [-0.15, -0.1) is 0 Å². The summed E-state index contributed by atoms with van der Waals surface area (Å²) in [5, 5.41) is 2.95. The summed E-state index contributed by atoms with van der Waals surface area (Å²) >= 11 is 0. The quantitative estimate of drug-likeness (QED) is 0.449. The van der Waals surface area contributed by atoms with Crippen LogP contribution in [-0.4, -0.2) is 74.5 Å². The fourth-order valence-electron chi connectivity index (χ4n) is 4.88. The van der Waals surface area contributed by atoms with E-state index in [0.717, 1.165) is 19.3 Å². The number of hydrogen-bond acceptors (Lipinski definition) is 8. The Morgan fingerprint density at radius 3 is 2.47 bits per heavy atom. The first-order chi connectivity index (χ1) is 17.0. The number of rotatable bonds is 7. The van der Waals surface area contributed by atoms with Crippen molar-refractivity contribution in [2.75, 3.05) is 25.0 Å². The number of carbonyl (C=O) groups excluding carboxylic acids is 1. The average Bonchev–Trinajstić information content (AvgIpc) is 2.85. The molecule has 8 nitrogen and oxygen atoms in total. The summed E-state index contributed by atoms with van der Waals surface area (Å²) in [6, 6.07) is 1.41. The first-order valence-corrected chi connectivity index (χ1v) is 11.5. The molecule has 194 valence electrons. The highest BCUT2D eigenvalue weighted by atomic mass is 19.4. The summed E-state index contributed by atoms with van der Waals surface area (Å²) in [5.41, 5.74) is -3.98. The van der Waals surface area contributed by atoms with Gasteiger partial charge in [-0.05, 0) is 32.4 Å². The molecule has 1 unspecified atom stereocenters. The molecule has 4 heterocycles. The van der Waals surface area contributed by atoms with Crippen molar-refractivity contribution in [3.63, 3.8) is 0 Å². The molecule has 0 radical (unpaired) electrons. The first kappa shape index (κ1) is 26.0. The van der Waals surface area contributed by atoms with Crippen molar-refractivity contribution in [1.82, 2.24) is 24.8 Å². The molecule has 2 aliphatic heterocycles. The minimum atomic E-state index is -4.53. The second kappa shape index (κ2) is 9.75. The van der Waals surface area contributed by atoms with Gasteiger partial charge in [0.2, 0.25) is 5.95 Å². The minimum Gasteiger partial charge on any atom is -0.353 e. The van der Waals surface area contributed by atoms with Crippen LogP contribution >= 0.6 is 0 Å². The molecule has 2 aliphatic rings. The van der Waals surface area contributed by atoms with Crippen LogP contribution in [0, 0.1) is 0 Å². The third kappa shape index (κ3) is 5.20. The van der Waals surface area contributed by atoms with Gasteiger partial charge < -0.3 is 10.1 Å². The Balaban J connectivity index is 1.56. The molecule has 0 aliphatic carbocycles. The van der Waals surface area contributed by atoms with Crippen LogP contribution in [0.3, 0.4) is 0 Å². The molecule has 3 atom stereocenters. The number of hydrogen-bond donors (Lipinski definition) is 1. The molecular weight excluding hydrogens is 485 g/mol. The van der Waals surface area contributed by atoms with E-state index in [1.165, 1.54) is 19.3 Å². The van der Waals surface area contributed by atoms with Crippen molar-refractivity contribution < 1.29 is 26.7 Å². The van der Waals surface area contributed by atoms with Crippen LogP contribution in [-0.2, 0) is 16.4 Å². The number of aromatic nitrogens is 4. The monoisotopic (exact) mass is 511 g/mol. The van der Waals surface area contributed by atoms with Gasteiger partial charge in [0, 0.05) is 50.3 Å². The molecule has 1 fully saturated rings. The van der Waals surface area contributed by atoms with Crippen LogP contribution in [0.4, 0.5) is 27.9 Å². The van der Waals surface area contributed by atoms with Crippen LogP contribution in [0.1, 0.15) is 44.0 Å². The zero-order chi connectivity index (χ0) is 26.0. The van der Waals surface area contributed by atoms with Crippen molar-refractivity contribution >= 4 is 18.4 Å². The summed E-state index contributed by atoms with van der Waals surface area (Å²) in [5.74, 6) is -3.08. The van der Waals surface area contributed by atoms with Crippen molar-refractivity contribution in [2.24, 2.45) is 4.99 Å². The molecule has 13 heteroatoms. The largest absolute Gasteiger partial charge is 0.419 e. The van der Waals surface area contributed by atoms with Crippen molar-refractivity contribution in [1.29, 1.82) is 0 Å². The Labute approximate surface area is 204 Å². The van der Waals surface area contributed by atoms with Gasteiger partial charge in [0.1, 0.15) is 17.6 Å². The highest BCUT2D eigenvalue weighted by Gasteiger charge is 2.59. The lowest BCUT2D eigenvalue weighted by Gasteiger charge is -2.49. The van der Waals surface area contributed by atoms with Gasteiger partial charge in [-0.25, -0.2) is 28.7 Å². The first-order valence-electron chi connectivity index (χ1n) is 11.5. The maximum absolute atomic E-state index is 14.5. The van der Waals surface area contributed by atoms with E-state index in [1.54, 1.807) is 6.07 Å². The summed E-state index contributed by atoms with van der Waals surface area (Å²) in [7, 11) is 0. The summed E-state index contributed by atoms with van der Waals surface area (Å²) in [4.78, 5) is 34.6. The normalized spacial score (nSPS) is 28.6. The van der Waals surface area contributed by atoms with E-state index in [4.69, 9.17) is 0 Å². The van der Waals surface area contributed by atoms with E-state index < -0.39 is 35.0 Å². The zero-order valence-corrected chi connectivity index (χ0v) is 19.5. The molecular formula is C23H26F5N7O. The van der Waals surface area contributed by atoms with E-state index in [1.807, 2.05) is 4.90 Å². The SMILES string of the molecule is C[C@@]1(c2ncccn2)CC(F)(F)C=N[C@]1(C=O)CN1CCCCC1CNc1ncc(C(F)(F)F)cn1. The number of halogens is 5. The number of alkyl halides is 5. The van der Waals surface area contributed by atoms with Crippen LogP contribution in [0.25, 0.3) is 0 Å². The van der Waals surface area contributed by atoms with Gasteiger partial charge in [0.15, 0.2) is 0 Å². The summed E-state index contributed by atoms with van der Waals surface area (Å²) in [6.45, 7) is 2.47. The van der Waals surface area contributed by atoms with Gasteiger partial charge in [-0.1, -0.05) is 6.42 Å². The predicted molar refractivity (Wildman–Crippen MR) is 121 cm³/mol. The number of nitrogens with zero attached hydrogens (tertiary/aromatic N) is 6. The highest BCUT2D eigenvalue weighted by Crippen LogP contribution is 2.47. The second-order valence-electron chi connectivity index (χ2n) is 9.44. The van der Waals surface area contributed by atoms with Gasteiger partial charge in [0.25, 0.3) is 5.92 Å². The van der Waals surface area contributed by atoms with Crippen LogP contribution < -0.4 is 5.32 Å². The molecule has 4 rings (SSSR count). The topological polar surface area (TPSA) is 96.3 Å². The van der Waals surface area contributed by atoms with Gasteiger partial charge in [0.05, 0.1) is 17.2 Å². The molecule has 0 aromatic carbocycles. The Morgan fingerprint density at radius 1 is 1.14 bits per heavy atom. The van der Waals surface area contributed by atoms with Crippen molar-refractivity contribution in [3.8, 4) is 0 Å². The van der Waals surface area contributed by atoms with Crippen LogP contribution in [0.2, 0.25) is 0 Å². The van der Waals surface area contributed by atoms with Gasteiger partial charge >= 0.3 is 6.18 Å². The van der Waals surface area contributed by atoms with Gasteiger partial charge in [-0.3, -0.25) is 9.89 Å². The third-order valence-corrected chi connectivity index (χ3v) is 6.95. The van der Waals surface area contributed by atoms with E-state index in [9.17, 15) is 26.7 Å². The lowest BCUT2D eigenvalue weighted by molar-refractivity contribution is -0.138. The Bertz CT molecular complexity index is 1080. The molecule has 0 bridgehead atoms. The van der Waals surface area contributed by atoms with E-state index in [2.05, 4.69) is 30.2 Å². The number of likely N-dealkylation sites (tertiary alicyclic amines) is 1. The highest BCUT2D eigenvalue weighted by molar-refractivity contribution is 5.79. The molecule has 0 amide bonds. The molecule has 36 heavy (non-hydrogen) atoms. The molecule has 0 saturated carbocycles. The smallest absolute Gasteiger partial charge is 0.353 e. The Hall–Kier alpha value is -3.09. The van der Waals surface area contributed by atoms with Crippen molar-refractivity contribution in [3.05, 3.63) is 42.2 Å². The maximum atomic E-state index is 14.5. The standard InChI is InChI=1S/C23H26F5N7O/c1-20(18-29-6-4-7-30-18)12-22(24,25)13-34-21(20,15-36)14-35-8-3-2-5-17(35)11-33-19-31-9-16(10-32-19)23(26,27)28/h4,6-7,9-10,13,15,17H,2-3,5,8,11-12,14H2,1H3,(H,31,32,33)/t17?,20-,21-/m0/s1. The minimum absolute atomic E-state index is 0.0384. The molecule has 1 saturated heterocycles. The van der Waals surface area contributed by atoms with E-state index in [-0.39, 0.29) is 24.4 Å². The predicted octanol–water partition coefficient (Wildman–Crippen LogP) is 3.56. The number of nitrogens with one attached hydrogen (secondary N) is 1. The number of piperidine rings is 1. The van der Waals surface area contributed by atoms with Crippen LogP contribution in [0.5, 0.6) is 0 Å². The summed E-state index contributed by atoms with van der Waals surface area (Å²) < 4.78 is 67.3. The Kier molecular flexibility index (Phi) is 7.04. The second-order valence-corrected chi connectivity index (χ2v) is 9.44. The fourth-order valence-corrected chi connectivity index (χ4v) is 4.88. The van der Waals surface area contributed by atoms with E-state index in [0.29, 0.717) is 38.0 Å². The zero-order valence-electron chi connectivity index (χ0n) is 19.5. The van der Waals surface area contributed by atoms with Gasteiger partial charge in [-0.2, -0.15) is 13.2 Å². The number of aldehydes is 1. The average molecular weight is 511 g/mol. The molecule has 2 aromatic heterocycles. The van der Waals surface area contributed by atoms with Crippen molar-refractivity contribution in [2.45, 2.75) is 61.7 Å². The number of aliphatic imine (C=N–C) groups is 1. The number of anilines is 1.